The molecule has 0 fully saturated rings. The van der Waals surface area contributed by atoms with Crippen LogP contribution in [0, 0.1) is 0 Å². The molecule has 0 unspecified atom stereocenters. The molecule has 0 N–H and O–H groups in total. The van der Waals surface area contributed by atoms with Crippen LogP contribution in [0.1, 0.15) is 82.1 Å². The monoisotopic (exact) mass is 810 g/mol. The molecule has 0 atom stereocenters. The Morgan fingerprint density at radius 3 is 1.23 bits per heavy atom. The number of hydrogen-bond donors (Lipinski definition) is 0. The minimum absolute atomic E-state index is 0.0327. The lowest BCUT2D eigenvalue weighted by atomic mass is 9.72. The molecule has 2 nitrogen and oxygen atoms in total. The lowest BCUT2D eigenvalue weighted by Gasteiger charge is -2.31. The van der Waals surface area contributed by atoms with Crippen LogP contribution in [0.4, 0.5) is 0 Å². The maximum atomic E-state index is 5.98. The van der Waals surface area contributed by atoms with Crippen LogP contribution in [0.2, 0.25) is 0 Å². The van der Waals surface area contributed by atoms with Crippen molar-refractivity contribution < 1.29 is 9.47 Å². The molecule has 0 radical (unpaired) electrons. The number of ether oxygens (including phenoxy) is 2. The third kappa shape index (κ3) is 6.04. The van der Waals surface area contributed by atoms with E-state index in [4.69, 9.17) is 9.47 Å². The fourth-order valence-corrected chi connectivity index (χ4v) is 10.5. The largest absolute Gasteiger partial charge is 0.497 e. The third-order valence-corrected chi connectivity index (χ3v) is 14.1. The van der Waals surface area contributed by atoms with E-state index in [1.165, 1.54) is 88.7 Å². The maximum absolute atomic E-state index is 5.98. The van der Waals surface area contributed by atoms with Gasteiger partial charge in [0.05, 0.1) is 13.7 Å². The van der Waals surface area contributed by atoms with Crippen molar-refractivity contribution in [2.24, 2.45) is 0 Å². The van der Waals surface area contributed by atoms with Gasteiger partial charge in [-0.15, -0.1) is 0 Å². The summed E-state index contributed by atoms with van der Waals surface area (Å²) in [7, 11) is 1.72. The van der Waals surface area contributed by atoms with Crippen molar-refractivity contribution in [1.82, 2.24) is 0 Å². The van der Waals surface area contributed by atoms with Crippen LogP contribution in [0.5, 0.6) is 11.5 Å². The van der Waals surface area contributed by atoms with Crippen molar-refractivity contribution in [2.45, 2.75) is 70.6 Å². The van der Waals surface area contributed by atoms with Crippen molar-refractivity contribution in [1.29, 1.82) is 0 Å². The summed E-state index contributed by atoms with van der Waals surface area (Å²) < 4.78 is 11.4. The van der Waals surface area contributed by atoms with Gasteiger partial charge in [0.2, 0.25) is 0 Å². The fourth-order valence-electron chi connectivity index (χ4n) is 10.3. The van der Waals surface area contributed by atoms with E-state index in [1.807, 2.05) is 0 Å². The third-order valence-electron chi connectivity index (χ3n) is 13.6. The zero-order valence-corrected chi connectivity index (χ0v) is 35.4. The summed E-state index contributed by atoms with van der Waals surface area (Å²) in [6, 6.07) is 50.6. The average molecular weight is 812 g/mol. The zero-order chi connectivity index (χ0) is 39.3. The van der Waals surface area contributed by atoms with Gasteiger partial charge in [-0.2, -0.15) is 0 Å². The highest BCUT2D eigenvalue weighted by atomic mass is 79.9. The summed E-state index contributed by atoms with van der Waals surface area (Å²) in [6.07, 6.45) is 5.21. The van der Waals surface area contributed by atoms with Gasteiger partial charge in [-0.1, -0.05) is 122 Å². The molecule has 57 heavy (non-hydrogen) atoms. The van der Waals surface area contributed by atoms with E-state index in [2.05, 4.69) is 177 Å². The second-order valence-corrected chi connectivity index (χ2v) is 16.8. The predicted molar refractivity (Wildman–Crippen MR) is 244 cm³/mol. The second-order valence-electron chi connectivity index (χ2n) is 16.0. The van der Waals surface area contributed by atoms with Crippen molar-refractivity contribution in [2.75, 3.05) is 19.0 Å². The zero-order valence-electron chi connectivity index (χ0n) is 33.8. The molecule has 2 aliphatic carbocycles. The van der Waals surface area contributed by atoms with Crippen LogP contribution in [-0.4, -0.2) is 19.0 Å². The molecule has 0 saturated carbocycles. The Morgan fingerprint density at radius 1 is 0.421 bits per heavy atom. The van der Waals surface area contributed by atoms with Crippen LogP contribution < -0.4 is 9.47 Å². The van der Waals surface area contributed by atoms with Gasteiger partial charge in [0.1, 0.15) is 11.5 Å². The number of halogens is 1. The Hall–Kier alpha value is -5.12. The lowest BCUT2D eigenvalue weighted by molar-refractivity contribution is 0.319. The van der Waals surface area contributed by atoms with Crippen LogP contribution in [0.3, 0.4) is 0 Å². The minimum atomic E-state index is -0.0453. The van der Waals surface area contributed by atoms with Crippen molar-refractivity contribution in [3.8, 4) is 67.1 Å². The minimum Gasteiger partial charge on any atom is -0.497 e. The van der Waals surface area contributed by atoms with E-state index in [0.717, 1.165) is 55.5 Å². The van der Waals surface area contributed by atoms with Crippen molar-refractivity contribution >= 4 is 26.7 Å². The first-order valence-corrected chi connectivity index (χ1v) is 22.0. The van der Waals surface area contributed by atoms with E-state index < -0.39 is 0 Å². The van der Waals surface area contributed by atoms with Gasteiger partial charge in [-0.05, 0) is 175 Å². The molecule has 0 amide bonds. The first-order valence-electron chi connectivity index (χ1n) is 20.9. The maximum Gasteiger partial charge on any atom is 0.119 e. The van der Waals surface area contributed by atoms with Crippen LogP contribution >= 0.6 is 15.9 Å². The van der Waals surface area contributed by atoms with Gasteiger partial charge < -0.3 is 9.47 Å². The molecule has 0 aromatic heterocycles. The van der Waals surface area contributed by atoms with Gasteiger partial charge in [-0.3, -0.25) is 0 Å². The standard InChI is InChI=1S/C54H51BrO2/c1-6-53(7-2)49-31-39(35-13-20-43(56-5)21-14-35)16-23-45(49)47-25-18-41(33-51(47)53)42-19-26-48-46-24-17-40(32-50(46)54(8-3,9-4)52(48)34-42)36-11-12-38-30-44(57-28-10-27-55)22-15-37(38)29-36/h11-26,29-34H,6-10,27-28H2,1-5H3. The molecule has 0 aliphatic heterocycles. The number of alkyl halides is 1. The Kier molecular flexibility index (Phi) is 9.85. The van der Waals surface area contributed by atoms with Crippen LogP contribution in [-0.2, 0) is 10.8 Å². The van der Waals surface area contributed by atoms with E-state index in [-0.39, 0.29) is 10.8 Å². The van der Waals surface area contributed by atoms with Crippen LogP contribution in [0.15, 0.2) is 133 Å². The fraction of sp³-hybridized carbons (Fsp3) is 0.259. The van der Waals surface area contributed by atoms with E-state index >= 15 is 0 Å². The quantitative estimate of drug-likeness (QED) is 0.0904. The Labute approximate surface area is 347 Å². The smallest absolute Gasteiger partial charge is 0.119 e. The molecular formula is C54H51BrO2. The average Bonchev–Trinajstić information content (AvgIpc) is 3.71. The lowest BCUT2D eigenvalue weighted by Crippen LogP contribution is -2.23. The Morgan fingerprint density at radius 2 is 0.789 bits per heavy atom. The number of methoxy groups -OCH3 is 1. The molecule has 7 aromatic carbocycles. The molecule has 0 heterocycles. The van der Waals surface area contributed by atoms with Crippen molar-refractivity contribution in [3.63, 3.8) is 0 Å². The van der Waals surface area contributed by atoms with E-state index in [9.17, 15) is 0 Å². The highest BCUT2D eigenvalue weighted by Crippen LogP contribution is 2.56. The van der Waals surface area contributed by atoms with Gasteiger partial charge >= 0.3 is 0 Å². The molecular weight excluding hydrogens is 760 g/mol. The van der Waals surface area contributed by atoms with Gasteiger partial charge in [-0.25, -0.2) is 0 Å². The molecule has 3 heteroatoms. The Balaban J connectivity index is 1.06. The molecule has 2 aliphatic rings. The summed E-state index contributed by atoms with van der Waals surface area (Å²) in [5.41, 5.74) is 18.9. The first kappa shape index (κ1) is 37.5. The predicted octanol–water partition coefficient (Wildman–Crippen LogP) is 15.2. The summed E-state index contributed by atoms with van der Waals surface area (Å²) in [6.45, 7) is 10.2. The first-order chi connectivity index (χ1) is 27.9. The molecule has 7 aromatic rings. The summed E-state index contributed by atoms with van der Waals surface area (Å²) >= 11 is 3.50. The summed E-state index contributed by atoms with van der Waals surface area (Å²) in [5.74, 6) is 1.82. The topological polar surface area (TPSA) is 18.5 Å². The number of rotatable bonds is 12. The van der Waals surface area contributed by atoms with Gasteiger partial charge in [0.25, 0.3) is 0 Å². The molecule has 0 saturated heterocycles. The number of fused-ring (bicyclic) bond motifs is 7. The highest BCUT2D eigenvalue weighted by Gasteiger charge is 2.42. The molecule has 286 valence electrons. The highest BCUT2D eigenvalue weighted by molar-refractivity contribution is 9.09. The number of benzene rings is 7. The van der Waals surface area contributed by atoms with E-state index in [0.29, 0.717) is 0 Å². The van der Waals surface area contributed by atoms with E-state index in [1.54, 1.807) is 7.11 Å². The SMILES string of the molecule is CCC1(CC)c2cc(-c3ccc(OC)cc3)ccc2-c2ccc(-c3ccc4c(c3)C(CC)(CC)c3cc(-c5ccc6cc(OCCCBr)ccc6c5)ccc3-4)cc21. The summed E-state index contributed by atoms with van der Waals surface area (Å²) in [5, 5.41) is 3.39. The van der Waals surface area contributed by atoms with Gasteiger partial charge in [0, 0.05) is 16.2 Å². The second kappa shape index (κ2) is 15.0. The molecule has 0 bridgehead atoms. The summed E-state index contributed by atoms with van der Waals surface area (Å²) in [4.78, 5) is 0. The number of hydrogen-bond acceptors (Lipinski definition) is 2. The normalized spacial score (nSPS) is 14.2. The van der Waals surface area contributed by atoms with Crippen molar-refractivity contribution in [3.05, 3.63) is 156 Å². The van der Waals surface area contributed by atoms with Gasteiger partial charge in [0.15, 0.2) is 0 Å². The van der Waals surface area contributed by atoms with Crippen LogP contribution in [0.25, 0.3) is 66.4 Å². The molecule has 0 spiro atoms. The molecule has 9 rings (SSSR count). The Bertz CT molecular complexity index is 2630.